The monoisotopic (exact) mass is 448 g/mol. The summed E-state index contributed by atoms with van der Waals surface area (Å²) in [5, 5.41) is 4.15. The van der Waals surface area contributed by atoms with Crippen molar-refractivity contribution in [3.63, 3.8) is 0 Å². The van der Waals surface area contributed by atoms with Crippen molar-refractivity contribution in [1.29, 1.82) is 0 Å². The molecule has 0 saturated carbocycles. The number of benzene rings is 2. The second kappa shape index (κ2) is 7.93. The van der Waals surface area contributed by atoms with Gasteiger partial charge in [-0.15, -0.1) is 0 Å². The van der Waals surface area contributed by atoms with E-state index >= 15 is 0 Å². The number of ether oxygens (including phenoxy) is 3. The molecule has 162 valence electrons. The van der Waals surface area contributed by atoms with Gasteiger partial charge < -0.3 is 24.4 Å². The molecule has 7 nitrogen and oxygen atoms in total. The molecule has 0 spiro atoms. The zero-order chi connectivity index (χ0) is 21.5. The van der Waals surface area contributed by atoms with E-state index < -0.39 is 0 Å². The van der Waals surface area contributed by atoms with Crippen molar-refractivity contribution in [2.24, 2.45) is 0 Å². The number of rotatable bonds is 4. The lowest BCUT2D eigenvalue weighted by Gasteiger charge is -2.28. The third-order valence-electron chi connectivity index (χ3n) is 5.73. The first-order valence-electron chi connectivity index (χ1n) is 10.5. The first kappa shape index (κ1) is 19.3. The highest BCUT2D eigenvalue weighted by Crippen LogP contribution is 2.37. The van der Waals surface area contributed by atoms with Crippen molar-refractivity contribution in [2.75, 3.05) is 43.3 Å². The minimum atomic E-state index is 0.241. The second-order valence-corrected chi connectivity index (χ2v) is 8.16. The summed E-state index contributed by atoms with van der Waals surface area (Å²) in [4.78, 5) is 7.22. The number of nitrogens with zero attached hydrogens (tertiary/aromatic N) is 3. The standard InChI is InChI=1S/C24H21ClN4O3/c25-17-3-8-22-27-23(16-1-5-19(6-2-16)28-9-11-30-12-10-28)24(29(22)14-17)26-18-4-7-20-21(13-18)32-15-31-20/h1-8,13-14,26H,9-12,15H2. The summed E-state index contributed by atoms with van der Waals surface area (Å²) in [6, 6.07) is 18.1. The number of nitrogens with one attached hydrogen (secondary N) is 1. The van der Waals surface area contributed by atoms with E-state index in [1.165, 1.54) is 5.69 Å². The number of hydrogen-bond donors (Lipinski definition) is 1. The summed E-state index contributed by atoms with van der Waals surface area (Å²) in [5.74, 6) is 2.30. The number of morpholine rings is 1. The molecule has 0 atom stereocenters. The average molecular weight is 449 g/mol. The van der Waals surface area contributed by atoms with Crippen molar-refractivity contribution in [3.05, 3.63) is 65.8 Å². The highest BCUT2D eigenvalue weighted by molar-refractivity contribution is 6.30. The molecule has 4 aromatic rings. The number of hydrogen-bond acceptors (Lipinski definition) is 6. The van der Waals surface area contributed by atoms with Gasteiger partial charge in [-0.05, 0) is 36.4 Å². The number of anilines is 3. The highest BCUT2D eigenvalue weighted by atomic mass is 35.5. The van der Waals surface area contributed by atoms with Crippen LogP contribution >= 0.6 is 11.6 Å². The van der Waals surface area contributed by atoms with Crippen LogP contribution in [0.5, 0.6) is 11.5 Å². The van der Waals surface area contributed by atoms with E-state index in [0.717, 1.165) is 66.2 Å². The first-order chi connectivity index (χ1) is 15.7. The zero-order valence-corrected chi connectivity index (χ0v) is 18.0. The molecule has 1 N–H and O–H groups in total. The SMILES string of the molecule is Clc1ccc2nc(-c3ccc(N4CCOCC4)cc3)c(Nc3ccc4c(c3)OCO4)n2c1. The number of pyridine rings is 1. The Kier molecular flexibility index (Phi) is 4.78. The molecule has 0 amide bonds. The van der Waals surface area contributed by atoms with Crippen molar-refractivity contribution in [1.82, 2.24) is 9.38 Å². The summed E-state index contributed by atoms with van der Waals surface area (Å²) in [6.07, 6.45) is 1.87. The van der Waals surface area contributed by atoms with Crippen LogP contribution in [0, 0.1) is 0 Å². The van der Waals surface area contributed by atoms with Gasteiger partial charge in [0, 0.05) is 42.3 Å². The maximum absolute atomic E-state index is 6.30. The van der Waals surface area contributed by atoms with Crippen molar-refractivity contribution in [3.8, 4) is 22.8 Å². The van der Waals surface area contributed by atoms with Gasteiger partial charge in [0.25, 0.3) is 0 Å². The van der Waals surface area contributed by atoms with E-state index in [4.69, 9.17) is 30.8 Å². The largest absolute Gasteiger partial charge is 0.454 e. The van der Waals surface area contributed by atoms with Gasteiger partial charge in [0.1, 0.15) is 17.2 Å². The maximum Gasteiger partial charge on any atom is 0.231 e. The van der Waals surface area contributed by atoms with E-state index in [2.05, 4.69) is 34.5 Å². The van der Waals surface area contributed by atoms with E-state index in [9.17, 15) is 0 Å². The smallest absolute Gasteiger partial charge is 0.231 e. The number of imidazole rings is 1. The van der Waals surface area contributed by atoms with Gasteiger partial charge in [0.05, 0.1) is 18.2 Å². The first-order valence-corrected chi connectivity index (χ1v) is 10.9. The summed E-state index contributed by atoms with van der Waals surface area (Å²) >= 11 is 6.30. The van der Waals surface area contributed by atoms with Crippen LogP contribution in [-0.2, 0) is 4.74 Å². The fraction of sp³-hybridized carbons (Fsp3) is 0.208. The number of fused-ring (bicyclic) bond motifs is 2. The molecule has 1 saturated heterocycles. The highest BCUT2D eigenvalue weighted by Gasteiger charge is 2.18. The summed E-state index contributed by atoms with van der Waals surface area (Å²) in [6.45, 7) is 3.58. The predicted molar refractivity (Wildman–Crippen MR) is 125 cm³/mol. The third-order valence-corrected chi connectivity index (χ3v) is 5.96. The molecule has 8 heteroatoms. The molecular weight excluding hydrogens is 428 g/mol. The van der Waals surface area contributed by atoms with E-state index in [0.29, 0.717) is 5.02 Å². The molecule has 2 aromatic carbocycles. The molecule has 1 fully saturated rings. The van der Waals surface area contributed by atoms with Crippen LogP contribution in [-0.4, -0.2) is 42.5 Å². The quantitative estimate of drug-likeness (QED) is 0.476. The van der Waals surface area contributed by atoms with Gasteiger partial charge in [-0.1, -0.05) is 23.7 Å². The minimum absolute atomic E-state index is 0.241. The topological polar surface area (TPSA) is 60.3 Å². The molecule has 0 unspecified atom stereocenters. The Morgan fingerprint density at radius 2 is 1.72 bits per heavy atom. The minimum Gasteiger partial charge on any atom is -0.454 e. The van der Waals surface area contributed by atoms with E-state index in [-0.39, 0.29) is 6.79 Å². The van der Waals surface area contributed by atoms with E-state index in [1.54, 1.807) is 0 Å². The molecule has 32 heavy (non-hydrogen) atoms. The Labute approximate surface area is 190 Å². The van der Waals surface area contributed by atoms with Crippen LogP contribution in [0.3, 0.4) is 0 Å². The van der Waals surface area contributed by atoms with Crippen LogP contribution in [0.4, 0.5) is 17.2 Å². The van der Waals surface area contributed by atoms with Gasteiger partial charge in [-0.3, -0.25) is 4.40 Å². The lowest BCUT2D eigenvalue weighted by atomic mass is 10.1. The zero-order valence-electron chi connectivity index (χ0n) is 17.3. The Hall–Kier alpha value is -3.42. The van der Waals surface area contributed by atoms with Crippen LogP contribution in [0.25, 0.3) is 16.9 Å². The van der Waals surface area contributed by atoms with Gasteiger partial charge in [0.2, 0.25) is 6.79 Å². The third kappa shape index (κ3) is 3.49. The van der Waals surface area contributed by atoms with Crippen molar-refractivity contribution in [2.45, 2.75) is 0 Å². The molecule has 4 heterocycles. The normalized spacial score (nSPS) is 15.3. The number of aromatic nitrogens is 2. The second-order valence-electron chi connectivity index (χ2n) is 7.72. The molecule has 2 aliphatic heterocycles. The van der Waals surface area contributed by atoms with Crippen molar-refractivity contribution >= 4 is 34.4 Å². The molecule has 0 bridgehead atoms. The van der Waals surface area contributed by atoms with Gasteiger partial charge in [-0.2, -0.15) is 0 Å². The molecule has 6 rings (SSSR count). The van der Waals surface area contributed by atoms with Crippen LogP contribution < -0.4 is 19.7 Å². The molecule has 2 aromatic heterocycles. The van der Waals surface area contributed by atoms with Gasteiger partial charge in [0.15, 0.2) is 11.5 Å². The maximum atomic E-state index is 6.30. The van der Waals surface area contributed by atoms with Crippen LogP contribution in [0.15, 0.2) is 60.8 Å². The van der Waals surface area contributed by atoms with Crippen molar-refractivity contribution < 1.29 is 14.2 Å². The Bertz CT molecular complexity index is 1280. The predicted octanol–water partition coefficient (Wildman–Crippen LogP) is 4.96. The van der Waals surface area contributed by atoms with Gasteiger partial charge >= 0.3 is 0 Å². The fourth-order valence-electron chi connectivity index (χ4n) is 4.10. The lowest BCUT2D eigenvalue weighted by molar-refractivity contribution is 0.122. The fourth-order valence-corrected chi connectivity index (χ4v) is 4.26. The van der Waals surface area contributed by atoms with Crippen LogP contribution in [0.1, 0.15) is 0 Å². The molecular formula is C24H21ClN4O3. The lowest BCUT2D eigenvalue weighted by Crippen LogP contribution is -2.36. The summed E-state index contributed by atoms with van der Waals surface area (Å²) < 4.78 is 18.4. The van der Waals surface area contributed by atoms with Gasteiger partial charge in [-0.25, -0.2) is 4.98 Å². The molecule has 2 aliphatic rings. The molecule has 0 aliphatic carbocycles. The Morgan fingerprint density at radius 1 is 0.906 bits per heavy atom. The number of halogens is 1. The average Bonchev–Trinajstić information content (AvgIpc) is 3.44. The van der Waals surface area contributed by atoms with Crippen LogP contribution in [0.2, 0.25) is 5.02 Å². The summed E-state index contributed by atoms with van der Waals surface area (Å²) in [7, 11) is 0. The molecule has 0 radical (unpaired) electrons. The Morgan fingerprint density at radius 3 is 2.56 bits per heavy atom. The van der Waals surface area contributed by atoms with E-state index in [1.807, 2.05) is 40.9 Å². The summed E-state index contributed by atoms with van der Waals surface area (Å²) in [5.41, 5.74) is 4.74. The Balaban J connectivity index is 1.40.